The van der Waals surface area contributed by atoms with Gasteiger partial charge in [-0.25, -0.2) is 0 Å². The van der Waals surface area contributed by atoms with E-state index in [1.807, 2.05) is 24.3 Å². The first-order valence-electron chi connectivity index (χ1n) is 5.40. The maximum Gasteiger partial charge on any atom is 0.222 e. The fraction of sp³-hybridized carbons (Fsp3) is 0. The number of nitrogens with zero attached hydrogens (tertiary/aromatic N) is 3. The van der Waals surface area contributed by atoms with E-state index in [2.05, 4.69) is 15.4 Å². The van der Waals surface area contributed by atoms with Crippen LogP contribution in [0.3, 0.4) is 0 Å². The van der Waals surface area contributed by atoms with E-state index in [0.717, 1.165) is 11.0 Å². The quantitative estimate of drug-likeness (QED) is 0.524. The Morgan fingerprint density at radius 2 is 1.72 bits per heavy atom. The largest absolute Gasteiger partial charge is 0.506 e. The molecule has 0 atom stereocenters. The van der Waals surface area contributed by atoms with Crippen LogP contribution in [0.25, 0.3) is 16.7 Å². The lowest BCUT2D eigenvalue weighted by Crippen LogP contribution is -2.00. The third kappa shape index (κ3) is 1.68. The fourth-order valence-corrected chi connectivity index (χ4v) is 1.74. The highest BCUT2D eigenvalue weighted by molar-refractivity contribution is 6.16. The first-order valence-corrected chi connectivity index (χ1v) is 5.40. The molecule has 6 heteroatoms. The van der Waals surface area contributed by atoms with Crippen LogP contribution in [0.5, 0.6) is 5.75 Å². The summed E-state index contributed by atoms with van der Waals surface area (Å²) in [6, 6.07) is 12.4. The van der Waals surface area contributed by atoms with Gasteiger partial charge in [-0.1, -0.05) is 12.1 Å². The maximum absolute atomic E-state index is 9.84. The highest BCUT2D eigenvalue weighted by Gasteiger charge is 2.08. The molecule has 0 unspecified atom stereocenters. The Bertz CT molecular complexity index is 677. The standard InChI is InChI=1S/C12H9BN4O/c13-14-8-5-6-12(18)11(7-8)17-15-9-3-1-2-4-10(9)16-17/h1-7,14,18H. The second kappa shape index (κ2) is 4.07. The molecule has 5 nitrogen and oxygen atoms in total. The topological polar surface area (TPSA) is 63.0 Å². The van der Waals surface area contributed by atoms with Gasteiger partial charge in [-0.05, 0) is 30.3 Å². The normalized spacial score (nSPS) is 10.7. The molecular formula is C12H9BN4O. The zero-order valence-corrected chi connectivity index (χ0v) is 9.41. The SMILES string of the molecule is [B]Nc1ccc(O)c(-n2nc3ccccc3n2)c1. The van der Waals surface area contributed by atoms with Crippen LogP contribution < -0.4 is 5.23 Å². The number of benzene rings is 2. The molecular weight excluding hydrogens is 227 g/mol. The maximum atomic E-state index is 9.84. The van der Waals surface area contributed by atoms with Gasteiger partial charge in [0.15, 0.2) is 0 Å². The molecule has 3 rings (SSSR count). The highest BCUT2D eigenvalue weighted by atomic mass is 16.3. The first-order chi connectivity index (χ1) is 8.78. The molecule has 86 valence electrons. The van der Waals surface area contributed by atoms with Crippen molar-refractivity contribution < 1.29 is 5.11 Å². The van der Waals surface area contributed by atoms with Crippen molar-refractivity contribution in [1.82, 2.24) is 15.0 Å². The third-order valence-electron chi connectivity index (χ3n) is 2.64. The van der Waals surface area contributed by atoms with Crippen LogP contribution in [0, 0.1) is 0 Å². The van der Waals surface area contributed by atoms with Gasteiger partial charge in [0.05, 0.1) is 0 Å². The van der Waals surface area contributed by atoms with Crippen LogP contribution >= 0.6 is 0 Å². The molecule has 18 heavy (non-hydrogen) atoms. The number of phenols is 1. The average Bonchev–Trinajstić information content (AvgIpc) is 2.82. The zero-order chi connectivity index (χ0) is 12.5. The van der Waals surface area contributed by atoms with Crippen LogP contribution in [0.2, 0.25) is 0 Å². The number of nitrogens with one attached hydrogen (secondary N) is 1. The molecule has 3 aromatic rings. The Morgan fingerprint density at radius 3 is 2.33 bits per heavy atom. The van der Waals surface area contributed by atoms with Gasteiger partial charge < -0.3 is 10.3 Å². The number of hydrogen-bond donors (Lipinski definition) is 2. The summed E-state index contributed by atoms with van der Waals surface area (Å²) in [5, 5.41) is 21.0. The lowest BCUT2D eigenvalue weighted by atomic mass is 10.2. The summed E-state index contributed by atoms with van der Waals surface area (Å²) in [5.74, 6) is 0.0920. The van der Waals surface area contributed by atoms with Crippen molar-refractivity contribution in [3.8, 4) is 11.4 Å². The van der Waals surface area contributed by atoms with Crippen molar-refractivity contribution in [3.63, 3.8) is 0 Å². The van der Waals surface area contributed by atoms with Crippen LogP contribution in [0.1, 0.15) is 0 Å². The number of fused-ring (bicyclic) bond motifs is 1. The van der Waals surface area contributed by atoms with Crippen LogP contribution in [0.15, 0.2) is 42.5 Å². The van der Waals surface area contributed by atoms with Crippen LogP contribution in [-0.2, 0) is 0 Å². The monoisotopic (exact) mass is 236 g/mol. The molecule has 1 heterocycles. The van der Waals surface area contributed by atoms with E-state index in [4.69, 9.17) is 7.98 Å². The predicted molar refractivity (Wildman–Crippen MR) is 69.9 cm³/mol. The summed E-state index contributed by atoms with van der Waals surface area (Å²) < 4.78 is 0. The van der Waals surface area contributed by atoms with Crippen molar-refractivity contribution in [2.24, 2.45) is 0 Å². The molecule has 0 spiro atoms. The summed E-state index contributed by atoms with van der Waals surface area (Å²) in [6.45, 7) is 0. The molecule has 0 amide bonds. The smallest absolute Gasteiger partial charge is 0.222 e. The highest BCUT2D eigenvalue weighted by Crippen LogP contribution is 2.24. The van der Waals surface area contributed by atoms with Gasteiger partial charge in [-0.15, -0.1) is 15.0 Å². The Hall–Kier alpha value is -2.50. The predicted octanol–water partition coefficient (Wildman–Crippen LogP) is 1.62. The molecule has 0 fully saturated rings. The van der Waals surface area contributed by atoms with Crippen molar-refractivity contribution >= 4 is 24.7 Å². The summed E-state index contributed by atoms with van der Waals surface area (Å²) >= 11 is 0. The molecule has 0 saturated heterocycles. The van der Waals surface area contributed by atoms with E-state index in [-0.39, 0.29) is 5.75 Å². The summed E-state index contributed by atoms with van der Waals surface area (Å²) in [7, 11) is 5.34. The Kier molecular flexibility index (Phi) is 2.41. The van der Waals surface area contributed by atoms with Gasteiger partial charge in [0.1, 0.15) is 22.5 Å². The summed E-state index contributed by atoms with van der Waals surface area (Å²) in [6.07, 6.45) is 0. The molecule has 2 aromatic carbocycles. The van der Waals surface area contributed by atoms with Gasteiger partial charge >= 0.3 is 0 Å². The van der Waals surface area contributed by atoms with Gasteiger partial charge in [-0.2, -0.15) is 0 Å². The number of aromatic hydroxyl groups is 1. The van der Waals surface area contributed by atoms with E-state index in [1.165, 1.54) is 4.80 Å². The molecule has 0 bridgehead atoms. The van der Waals surface area contributed by atoms with E-state index in [1.54, 1.807) is 18.2 Å². The van der Waals surface area contributed by atoms with Crippen molar-refractivity contribution in [3.05, 3.63) is 42.5 Å². The van der Waals surface area contributed by atoms with Crippen molar-refractivity contribution in [1.29, 1.82) is 0 Å². The van der Waals surface area contributed by atoms with E-state index in [9.17, 15) is 5.11 Å². The van der Waals surface area contributed by atoms with E-state index < -0.39 is 0 Å². The molecule has 1 aromatic heterocycles. The zero-order valence-electron chi connectivity index (χ0n) is 9.41. The van der Waals surface area contributed by atoms with Crippen LogP contribution in [0.4, 0.5) is 5.69 Å². The second-order valence-electron chi connectivity index (χ2n) is 3.83. The fourth-order valence-electron chi connectivity index (χ4n) is 1.74. The Balaban J connectivity index is 2.19. The average molecular weight is 236 g/mol. The van der Waals surface area contributed by atoms with Gasteiger partial charge in [0, 0.05) is 5.69 Å². The number of anilines is 1. The van der Waals surface area contributed by atoms with E-state index in [0.29, 0.717) is 11.4 Å². The number of aromatic nitrogens is 3. The molecule has 2 radical (unpaired) electrons. The molecule has 0 aliphatic rings. The van der Waals surface area contributed by atoms with Gasteiger partial charge in [0.25, 0.3) is 0 Å². The molecule has 0 aliphatic heterocycles. The second-order valence-corrected chi connectivity index (χ2v) is 3.83. The van der Waals surface area contributed by atoms with E-state index >= 15 is 0 Å². The number of rotatable bonds is 2. The van der Waals surface area contributed by atoms with Gasteiger partial charge in [0.2, 0.25) is 7.98 Å². The minimum Gasteiger partial charge on any atom is -0.506 e. The number of phenolic OH excluding ortho intramolecular Hbond substituents is 1. The lowest BCUT2D eigenvalue weighted by Gasteiger charge is -2.06. The number of hydrogen-bond acceptors (Lipinski definition) is 4. The molecule has 2 N–H and O–H groups in total. The molecule has 0 aliphatic carbocycles. The lowest BCUT2D eigenvalue weighted by molar-refractivity contribution is 0.468. The minimum atomic E-state index is 0.0920. The Labute approximate surface area is 104 Å². The first kappa shape index (κ1) is 10.6. The summed E-state index contributed by atoms with van der Waals surface area (Å²) in [5.41, 5.74) is 2.68. The molecule has 0 saturated carbocycles. The van der Waals surface area contributed by atoms with Crippen molar-refractivity contribution in [2.45, 2.75) is 0 Å². The minimum absolute atomic E-state index is 0.0920. The third-order valence-corrected chi connectivity index (χ3v) is 2.64. The Morgan fingerprint density at radius 1 is 1.06 bits per heavy atom. The van der Waals surface area contributed by atoms with Gasteiger partial charge in [-0.3, -0.25) is 0 Å². The summed E-state index contributed by atoms with van der Waals surface area (Å²) in [4.78, 5) is 1.39. The van der Waals surface area contributed by atoms with Crippen molar-refractivity contribution in [2.75, 3.05) is 5.23 Å². The van der Waals surface area contributed by atoms with Crippen LogP contribution in [-0.4, -0.2) is 28.1 Å².